The van der Waals surface area contributed by atoms with Gasteiger partial charge in [-0.3, -0.25) is 19.7 Å². The van der Waals surface area contributed by atoms with E-state index in [4.69, 9.17) is 11.6 Å². The van der Waals surface area contributed by atoms with Crippen LogP contribution < -0.4 is 5.32 Å². The first-order valence-electron chi connectivity index (χ1n) is 9.22. The fourth-order valence-corrected chi connectivity index (χ4v) is 2.75. The maximum atomic E-state index is 12.2. The first kappa shape index (κ1) is 21.7. The first-order valence-corrected chi connectivity index (χ1v) is 9.60. The molecule has 1 N–H and O–H groups in total. The van der Waals surface area contributed by atoms with Gasteiger partial charge >= 0.3 is 0 Å². The number of nitro groups is 1. The maximum absolute atomic E-state index is 12.2. The molecule has 0 saturated heterocycles. The Morgan fingerprint density at radius 2 is 1.35 bits per heavy atom. The molecule has 3 aromatic carbocycles. The molecule has 0 heterocycles. The van der Waals surface area contributed by atoms with Crippen molar-refractivity contribution in [3.8, 4) is 0 Å². The number of ketones is 1. The van der Waals surface area contributed by atoms with Crippen LogP contribution in [0.5, 0.6) is 0 Å². The van der Waals surface area contributed by atoms with Crippen LogP contribution in [-0.2, 0) is 4.79 Å². The number of allylic oxidation sites excluding steroid dienone is 1. The lowest BCUT2D eigenvalue weighted by molar-refractivity contribution is -0.384. The fourth-order valence-electron chi connectivity index (χ4n) is 2.62. The molecule has 0 unspecified atom stereocenters. The molecular formula is C24H17ClN2O4. The summed E-state index contributed by atoms with van der Waals surface area (Å²) in [5, 5.41) is 14.0. The van der Waals surface area contributed by atoms with Crippen LogP contribution in [0.4, 0.5) is 11.4 Å². The van der Waals surface area contributed by atoms with Crippen molar-refractivity contribution in [2.24, 2.45) is 0 Å². The zero-order valence-corrected chi connectivity index (χ0v) is 17.0. The summed E-state index contributed by atoms with van der Waals surface area (Å²) in [6.45, 7) is 0. The van der Waals surface area contributed by atoms with Crippen molar-refractivity contribution in [3.05, 3.63) is 117 Å². The van der Waals surface area contributed by atoms with E-state index in [0.29, 0.717) is 21.8 Å². The molecule has 1 amide bonds. The second-order valence-electron chi connectivity index (χ2n) is 6.50. The van der Waals surface area contributed by atoms with Crippen molar-refractivity contribution >= 4 is 46.8 Å². The number of benzene rings is 3. The molecule has 0 aromatic heterocycles. The number of nitro benzene ring substituents is 1. The van der Waals surface area contributed by atoms with E-state index in [9.17, 15) is 19.7 Å². The Balaban J connectivity index is 1.55. The van der Waals surface area contributed by atoms with Crippen LogP contribution in [0.2, 0.25) is 5.02 Å². The van der Waals surface area contributed by atoms with Crippen LogP contribution in [-0.4, -0.2) is 16.6 Å². The van der Waals surface area contributed by atoms with E-state index in [-0.39, 0.29) is 17.4 Å². The second-order valence-corrected chi connectivity index (χ2v) is 6.93. The molecule has 3 rings (SSSR count). The highest BCUT2D eigenvalue weighted by atomic mass is 35.5. The smallest absolute Gasteiger partial charge is 0.269 e. The highest BCUT2D eigenvalue weighted by Crippen LogP contribution is 2.15. The van der Waals surface area contributed by atoms with Gasteiger partial charge in [-0.05, 0) is 71.8 Å². The van der Waals surface area contributed by atoms with E-state index in [2.05, 4.69) is 5.32 Å². The zero-order valence-electron chi connectivity index (χ0n) is 16.2. The predicted molar refractivity (Wildman–Crippen MR) is 122 cm³/mol. The van der Waals surface area contributed by atoms with Crippen molar-refractivity contribution in [2.75, 3.05) is 5.32 Å². The summed E-state index contributed by atoms with van der Waals surface area (Å²) in [5.74, 6) is -0.468. The van der Waals surface area contributed by atoms with Crippen molar-refractivity contribution in [1.29, 1.82) is 0 Å². The molecule has 0 bridgehead atoms. The molecule has 7 heteroatoms. The van der Waals surface area contributed by atoms with Gasteiger partial charge in [-0.1, -0.05) is 29.8 Å². The van der Waals surface area contributed by atoms with E-state index >= 15 is 0 Å². The van der Waals surface area contributed by atoms with Crippen LogP contribution >= 0.6 is 11.6 Å². The number of halogens is 1. The Bertz CT molecular complexity index is 1150. The van der Waals surface area contributed by atoms with E-state index in [0.717, 1.165) is 5.56 Å². The lowest BCUT2D eigenvalue weighted by Gasteiger charge is -2.03. The highest BCUT2D eigenvalue weighted by Gasteiger charge is 2.04. The monoisotopic (exact) mass is 432 g/mol. The van der Waals surface area contributed by atoms with Crippen LogP contribution in [0.15, 0.2) is 84.9 Å². The first-order chi connectivity index (χ1) is 14.9. The number of anilines is 1. The van der Waals surface area contributed by atoms with E-state index in [1.165, 1.54) is 24.3 Å². The molecule has 31 heavy (non-hydrogen) atoms. The van der Waals surface area contributed by atoms with E-state index in [1.54, 1.807) is 72.8 Å². The van der Waals surface area contributed by atoms with Crippen molar-refractivity contribution in [1.82, 2.24) is 0 Å². The Labute approximate surface area is 183 Å². The summed E-state index contributed by atoms with van der Waals surface area (Å²) >= 11 is 5.82. The zero-order chi connectivity index (χ0) is 22.2. The summed E-state index contributed by atoms with van der Waals surface area (Å²) in [6, 6.07) is 19.5. The van der Waals surface area contributed by atoms with Gasteiger partial charge in [0.05, 0.1) is 4.92 Å². The van der Waals surface area contributed by atoms with E-state index in [1.807, 2.05) is 0 Å². The molecule has 0 aliphatic carbocycles. The largest absolute Gasteiger partial charge is 0.323 e. The number of carbonyl (C=O) groups is 2. The second kappa shape index (κ2) is 10.1. The Hall–Kier alpha value is -4.03. The molecule has 0 atom stereocenters. The van der Waals surface area contributed by atoms with Crippen LogP contribution in [0, 0.1) is 10.1 Å². The molecule has 154 valence electrons. The number of hydrogen-bond donors (Lipinski definition) is 1. The summed E-state index contributed by atoms with van der Waals surface area (Å²) in [4.78, 5) is 34.4. The Kier molecular flexibility index (Phi) is 7.09. The SMILES string of the molecule is O=C(/C=C/c1ccc([N+](=O)[O-])cc1)Nc1ccc(/C=C/C(=O)c2ccc(Cl)cc2)cc1. The minimum Gasteiger partial charge on any atom is -0.323 e. The predicted octanol–water partition coefficient (Wildman–Crippen LogP) is 5.80. The molecule has 0 spiro atoms. The summed E-state index contributed by atoms with van der Waals surface area (Å²) in [7, 11) is 0. The summed E-state index contributed by atoms with van der Waals surface area (Å²) in [5.41, 5.74) is 2.61. The minimum absolute atomic E-state index is 0.00870. The van der Waals surface area contributed by atoms with Gasteiger partial charge in [-0.25, -0.2) is 0 Å². The van der Waals surface area contributed by atoms with Gasteiger partial charge in [0.1, 0.15) is 0 Å². The lowest BCUT2D eigenvalue weighted by atomic mass is 10.1. The number of carbonyl (C=O) groups excluding carboxylic acids is 2. The maximum Gasteiger partial charge on any atom is 0.269 e. The third-order valence-electron chi connectivity index (χ3n) is 4.27. The average Bonchev–Trinajstić information content (AvgIpc) is 2.78. The third kappa shape index (κ3) is 6.48. The lowest BCUT2D eigenvalue weighted by Crippen LogP contribution is -2.07. The molecular weight excluding hydrogens is 416 g/mol. The van der Waals surface area contributed by atoms with Gasteiger partial charge in [-0.2, -0.15) is 0 Å². The summed E-state index contributed by atoms with van der Waals surface area (Å²) < 4.78 is 0. The van der Waals surface area contributed by atoms with Gasteiger partial charge < -0.3 is 5.32 Å². The van der Waals surface area contributed by atoms with Crippen molar-refractivity contribution in [2.45, 2.75) is 0 Å². The van der Waals surface area contributed by atoms with Gasteiger partial charge in [0.15, 0.2) is 5.78 Å². The van der Waals surface area contributed by atoms with Crippen molar-refractivity contribution < 1.29 is 14.5 Å². The number of nitrogens with zero attached hydrogens (tertiary/aromatic N) is 1. The third-order valence-corrected chi connectivity index (χ3v) is 4.52. The van der Waals surface area contributed by atoms with Crippen LogP contribution in [0.25, 0.3) is 12.2 Å². The fraction of sp³-hybridized carbons (Fsp3) is 0. The standard InChI is InChI=1S/C24H17ClN2O4/c25-20-9-7-19(8-10-20)23(28)15-5-17-1-11-21(12-2-17)26-24(29)16-6-18-3-13-22(14-4-18)27(30)31/h1-16H,(H,26,29)/b15-5+,16-6+. The molecule has 0 aliphatic rings. The van der Waals surface area contributed by atoms with Gasteiger partial charge in [0, 0.05) is 34.5 Å². The quantitative estimate of drug-likeness (QED) is 0.221. The Morgan fingerprint density at radius 1 is 0.806 bits per heavy atom. The van der Waals surface area contributed by atoms with E-state index < -0.39 is 4.92 Å². The average molecular weight is 433 g/mol. The van der Waals surface area contributed by atoms with Crippen LogP contribution in [0.1, 0.15) is 21.5 Å². The topological polar surface area (TPSA) is 89.3 Å². The number of hydrogen-bond acceptors (Lipinski definition) is 4. The van der Waals surface area contributed by atoms with Gasteiger partial charge in [0.25, 0.3) is 5.69 Å². The molecule has 3 aromatic rings. The molecule has 6 nitrogen and oxygen atoms in total. The number of non-ortho nitro benzene ring substituents is 1. The van der Waals surface area contributed by atoms with Crippen LogP contribution in [0.3, 0.4) is 0 Å². The molecule has 0 radical (unpaired) electrons. The number of nitrogens with one attached hydrogen (secondary N) is 1. The van der Waals surface area contributed by atoms with Gasteiger partial charge in [0.2, 0.25) is 5.91 Å². The number of amides is 1. The molecule has 0 fully saturated rings. The normalized spacial score (nSPS) is 11.0. The summed E-state index contributed by atoms with van der Waals surface area (Å²) in [6.07, 6.45) is 6.08. The minimum atomic E-state index is -0.480. The van der Waals surface area contributed by atoms with Crippen molar-refractivity contribution in [3.63, 3.8) is 0 Å². The highest BCUT2D eigenvalue weighted by molar-refractivity contribution is 6.30. The van der Waals surface area contributed by atoms with Gasteiger partial charge in [-0.15, -0.1) is 0 Å². The molecule has 0 saturated carbocycles. The number of rotatable bonds is 7. The Morgan fingerprint density at radius 3 is 1.94 bits per heavy atom. The molecule has 0 aliphatic heterocycles.